The van der Waals surface area contributed by atoms with Crippen LogP contribution in [0.3, 0.4) is 0 Å². The smallest absolute Gasteiger partial charge is 0.748 e. The van der Waals surface area contributed by atoms with Gasteiger partial charge >= 0.3 is 51.4 Å². The van der Waals surface area contributed by atoms with Gasteiger partial charge in [-0.25, -0.2) is 8.42 Å². The van der Waals surface area contributed by atoms with E-state index in [0.29, 0.717) is 25.7 Å². The molecule has 0 aromatic rings. The van der Waals surface area contributed by atoms with Crippen molar-refractivity contribution in [2.75, 3.05) is 0 Å². The fourth-order valence-electron chi connectivity index (χ4n) is 3.15. The molecule has 0 aromatic heterocycles. The molecule has 0 rings (SSSR count). The van der Waals surface area contributed by atoms with Crippen LogP contribution in [0, 0.1) is 0 Å². The third-order valence-corrected chi connectivity index (χ3v) is 6.02. The topological polar surface area (TPSA) is 77.4 Å². The fraction of sp³-hybridized carbons (Fsp3) is 1.00. The van der Waals surface area contributed by atoms with Crippen LogP contribution in [0.2, 0.25) is 0 Å². The number of aliphatic hydroxyl groups is 1. The predicted octanol–water partition coefficient (Wildman–Crippen LogP) is 2.16. The van der Waals surface area contributed by atoms with Crippen LogP contribution < -0.4 is 51.4 Å². The molecule has 0 aliphatic rings. The largest absolute Gasteiger partial charge is 1.00 e. The van der Waals surface area contributed by atoms with Crippen molar-refractivity contribution in [3.63, 3.8) is 0 Å². The van der Waals surface area contributed by atoms with Crippen molar-refractivity contribution < 1.29 is 69.5 Å². The fourth-order valence-corrected chi connectivity index (χ4v) is 4.03. The number of hydrogen-bond donors (Lipinski definition) is 1. The molecule has 0 fully saturated rings. The molecule has 0 aliphatic heterocycles. The van der Waals surface area contributed by atoms with Crippen LogP contribution in [0.1, 0.15) is 110 Å². The zero-order chi connectivity index (χ0) is 18.3. The Labute approximate surface area is 199 Å². The molecule has 0 amide bonds. The summed E-state index contributed by atoms with van der Waals surface area (Å²) in [5, 5.41) is 8.89. The molecule has 0 bridgehead atoms. The maximum atomic E-state index is 11.4. The van der Waals surface area contributed by atoms with Crippen molar-refractivity contribution in [2.24, 2.45) is 0 Å². The zero-order valence-corrected chi connectivity index (χ0v) is 20.8. The van der Waals surface area contributed by atoms with Gasteiger partial charge in [-0.3, -0.25) is 0 Å². The number of rotatable bonds is 17. The molecule has 0 heterocycles. The Morgan fingerprint density at radius 1 is 0.720 bits per heavy atom. The van der Waals surface area contributed by atoms with Crippen molar-refractivity contribution in [3.05, 3.63) is 0 Å². The van der Waals surface area contributed by atoms with Crippen LogP contribution in [-0.4, -0.2) is 29.4 Å². The molecule has 0 spiro atoms. The Morgan fingerprint density at radius 2 is 1.20 bits per heavy atom. The summed E-state index contributed by atoms with van der Waals surface area (Å²) in [5.74, 6) is 0. The van der Waals surface area contributed by atoms with Crippen molar-refractivity contribution in [1.82, 2.24) is 0 Å². The first kappa shape index (κ1) is 28.7. The Morgan fingerprint density at radius 3 is 1.64 bits per heavy atom. The van der Waals surface area contributed by atoms with Crippen molar-refractivity contribution in [1.29, 1.82) is 0 Å². The Balaban J connectivity index is 0. The first-order chi connectivity index (χ1) is 11.4. The van der Waals surface area contributed by atoms with E-state index >= 15 is 0 Å². The van der Waals surface area contributed by atoms with Gasteiger partial charge in [-0.2, -0.15) is 0 Å². The maximum absolute atomic E-state index is 11.4. The third kappa shape index (κ3) is 18.6. The number of aliphatic hydroxyl groups excluding tert-OH is 1. The van der Waals surface area contributed by atoms with E-state index in [0.717, 1.165) is 25.7 Å². The first-order valence-corrected chi connectivity index (χ1v) is 11.5. The van der Waals surface area contributed by atoms with Crippen molar-refractivity contribution in [3.8, 4) is 0 Å². The van der Waals surface area contributed by atoms with Crippen molar-refractivity contribution in [2.45, 2.75) is 122 Å². The van der Waals surface area contributed by atoms with E-state index in [-0.39, 0.29) is 51.4 Å². The average molecular weight is 403 g/mol. The average Bonchev–Trinajstić information content (AvgIpc) is 2.51. The van der Waals surface area contributed by atoms with Crippen LogP contribution in [0.15, 0.2) is 0 Å². The third-order valence-electron chi connectivity index (χ3n) is 4.73. The van der Waals surface area contributed by atoms with Crippen LogP contribution in [0.4, 0.5) is 0 Å². The zero-order valence-electron chi connectivity index (χ0n) is 16.8. The second-order valence-electron chi connectivity index (χ2n) is 7.11. The molecule has 0 saturated heterocycles. The van der Waals surface area contributed by atoms with E-state index in [1.807, 2.05) is 6.92 Å². The second-order valence-corrected chi connectivity index (χ2v) is 8.76. The number of hydrogen-bond acceptors (Lipinski definition) is 4. The minimum absolute atomic E-state index is 0. The van der Waals surface area contributed by atoms with E-state index in [2.05, 4.69) is 6.92 Å². The Hall–Kier alpha value is 1.51. The van der Waals surface area contributed by atoms with E-state index in [1.165, 1.54) is 44.9 Å². The summed E-state index contributed by atoms with van der Waals surface area (Å²) in [4.78, 5) is 0. The molecular formula is C19H39KO4S. The summed E-state index contributed by atoms with van der Waals surface area (Å²) < 4.78 is 34.1. The Bertz CT molecular complexity index is 374. The van der Waals surface area contributed by atoms with Crippen molar-refractivity contribution >= 4 is 10.1 Å². The van der Waals surface area contributed by atoms with E-state index in [9.17, 15) is 18.1 Å². The summed E-state index contributed by atoms with van der Waals surface area (Å²) in [6.45, 7) is 4.20. The van der Waals surface area contributed by atoms with Gasteiger partial charge in [0.25, 0.3) is 0 Å². The van der Waals surface area contributed by atoms with Crippen LogP contribution in [0.5, 0.6) is 0 Å². The molecule has 0 radical (unpaired) electrons. The van der Waals surface area contributed by atoms with Gasteiger partial charge < -0.3 is 9.66 Å². The summed E-state index contributed by atoms with van der Waals surface area (Å²) in [6, 6.07) is 0. The van der Waals surface area contributed by atoms with Gasteiger partial charge in [-0.1, -0.05) is 84.5 Å². The molecule has 25 heavy (non-hydrogen) atoms. The second kappa shape index (κ2) is 18.9. The maximum Gasteiger partial charge on any atom is 1.00 e. The first-order valence-electron chi connectivity index (χ1n) is 10.0. The predicted molar refractivity (Wildman–Crippen MR) is 100 cm³/mol. The van der Waals surface area contributed by atoms with E-state index < -0.39 is 21.5 Å². The number of unbranched alkanes of at least 4 members (excludes halogenated alkanes) is 9. The molecule has 146 valence electrons. The van der Waals surface area contributed by atoms with E-state index in [1.54, 1.807) is 0 Å². The summed E-state index contributed by atoms with van der Waals surface area (Å²) in [6.07, 6.45) is 14.2. The van der Waals surface area contributed by atoms with Gasteiger partial charge in [0.1, 0.15) is 0 Å². The molecular weight excluding hydrogens is 363 g/mol. The van der Waals surface area contributed by atoms with Crippen LogP contribution in [0.25, 0.3) is 0 Å². The van der Waals surface area contributed by atoms with E-state index in [4.69, 9.17) is 0 Å². The molecule has 0 saturated carbocycles. The van der Waals surface area contributed by atoms with Crippen LogP contribution in [-0.2, 0) is 10.1 Å². The van der Waals surface area contributed by atoms with Gasteiger partial charge in [-0.05, 0) is 25.7 Å². The molecule has 0 aromatic carbocycles. The minimum Gasteiger partial charge on any atom is -0.748 e. The molecule has 2 unspecified atom stereocenters. The summed E-state index contributed by atoms with van der Waals surface area (Å²) >= 11 is 0. The van der Waals surface area contributed by atoms with Gasteiger partial charge in [0.15, 0.2) is 0 Å². The normalized spacial score (nSPS) is 14.1. The molecule has 1 N–H and O–H groups in total. The standard InChI is InChI=1S/C19H40O4S.K/c1-3-5-6-7-8-9-10-11-12-13-15-19(24(21,22)23)17-16-18(20)14-4-2;/h18-20H,3-17H2,1-2H3,(H,21,22,23);/q;+1/p-1. The summed E-state index contributed by atoms with van der Waals surface area (Å²) in [7, 11) is -4.25. The Kier molecular flexibility index (Phi) is 21.7. The minimum atomic E-state index is -4.25. The van der Waals surface area contributed by atoms with Gasteiger partial charge in [0, 0.05) is 5.25 Å². The van der Waals surface area contributed by atoms with Gasteiger partial charge in [-0.15, -0.1) is 0 Å². The molecule has 2 atom stereocenters. The van der Waals surface area contributed by atoms with Crippen LogP contribution >= 0.6 is 0 Å². The molecule has 4 nitrogen and oxygen atoms in total. The molecule has 0 aliphatic carbocycles. The SMILES string of the molecule is CCCCCCCCCCCCC(CCC(O)CCC)S(=O)(=O)[O-].[K+]. The monoisotopic (exact) mass is 402 g/mol. The quantitative estimate of drug-likeness (QED) is 0.230. The van der Waals surface area contributed by atoms with Gasteiger partial charge in [0.2, 0.25) is 0 Å². The molecule has 6 heteroatoms. The van der Waals surface area contributed by atoms with Gasteiger partial charge in [0.05, 0.1) is 16.2 Å². The summed E-state index contributed by atoms with van der Waals surface area (Å²) in [5.41, 5.74) is 0.